The van der Waals surface area contributed by atoms with E-state index in [1.165, 1.54) is 0 Å². The monoisotopic (exact) mass is 167 g/mol. The van der Waals surface area contributed by atoms with Gasteiger partial charge in [-0.25, -0.2) is 0 Å². The van der Waals surface area contributed by atoms with E-state index in [2.05, 4.69) is 5.16 Å². The maximum Gasteiger partial charge on any atom is 0.133 e. The SMILES string of the molecule is Cc1cc(CC2(CO)CC2)no1. The number of aliphatic hydroxyl groups is 1. The van der Waals surface area contributed by atoms with Gasteiger partial charge < -0.3 is 9.63 Å². The fourth-order valence-electron chi connectivity index (χ4n) is 1.45. The summed E-state index contributed by atoms with van der Waals surface area (Å²) in [5, 5.41) is 13.0. The highest BCUT2D eigenvalue weighted by Gasteiger charge is 2.42. The quantitative estimate of drug-likeness (QED) is 0.738. The van der Waals surface area contributed by atoms with Gasteiger partial charge in [0.05, 0.1) is 5.69 Å². The van der Waals surface area contributed by atoms with Crippen LogP contribution in [-0.2, 0) is 6.42 Å². The Hall–Kier alpha value is -0.830. The van der Waals surface area contributed by atoms with Crippen LogP contribution in [0.15, 0.2) is 10.6 Å². The topological polar surface area (TPSA) is 46.3 Å². The molecule has 0 bridgehead atoms. The summed E-state index contributed by atoms with van der Waals surface area (Å²) < 4.78 is 4.95. The van der Waals surface area contributed by atoms with Crippen molar-refractivity contribution < 1.29 is 9.63 Å². The maximum absolute atomic E-state index is 9.07. The standard InChI is InChI=1S/C9H13NO2/c1-7-4-8(10-12-7)5-9(6-11)2-3-9/h4,11H,2-3,5-6H2,1H3. The minimum Gasteiger partial charge on any atom is -0.396 e. The summed E-state index contributed by atoms with van der Waals surface area (Å²) in [5.74, 6) is 0.846. The van der Waals surface area contributed by atoms with Crippen molar-refractivity contribution in [3.8, 4) is 0 Å². The van der Waals surface area contributed by atoms with Crippen LogP contribution < -0.4 is 0 Å². The molecular formula is C9H13NO2. The van der Waals surface area contributed by atoms with Gasteiger partial charge in [-0.05, 0) is 25.2 Å². The first-order valence-corrected chi connectivity index (χ1v) is 4.27. The lowest BCUT2D eigenvalue weighted by Crippen LogP contribution is -2.10. The molecule has 3 nitrogen and oxygen atoms in total. The molecule has 0 spiro atoms. The Labute approximate surface area is 71.4 Å². The number of hydrogen-bond acceptors (Lipinski definition) is 3. The van der Waals surface area contributed by atoms with Gasteiger partial charge >= 0.3 is 0 Å². The van der Waals surface area contributed by atoms with Crippen molar-refractivity contribution in [3.05, 3.63) is 17.5 Å². The predicted molar refractivity (Wildman–Crippen MR) is 43.7 cm³/mol. The zero-order valence-electron chi connectivity index (χ0n) is 7.21. The molecule has 0 aromatic carbocycles. The maximum atomic E-state index is 9.07. The van der Waals surface area contributed by atoms with Crippen molar-refractivity contribution in [1.82, 2.24) is 5.16 Å². The van der Waals surface area contributed by atoms with Gasteiger partial charge in [0.15, 0.2) is 0 Å². The van der Waals surface area contributed by atoms with E-state index in [-0.39, 0.29) is 12.0 Å². The van der Waals surface area contributed by atoms with E-state index in [9.17, 15) is 0 Å². The van der Waals surface area contributed by atoms with Gasteiger partial charge in [-0.2, -0.15) is 0 Å². The minimum atomic E-state index is 0.142. The Morgan fingerprint density at radius 2 is 2.42 bits per heavy atom. The summed E-state index contributed by atoms with van der Waals surface area (Å²) in [4.78, 5) is 0. The molecule has 1 aromatic rings. The Balaban J connectivity index is 2.04. The van der Waals surface area contributed by atoms with E-state index < -0.39 is 0 Å². The normalized spacial score (nSPS) is 19.5. The molecule has 0 aliphatic heterocycles. The zero-order chi connectivity index (χ0) is 8.60. The smallest absolute Gasteiger partial charge is 0.133 e. The summed E-state index contributed by atoms with van der Waals surface area (Å²) >= 11 is 0. The van der Waals surface area contributed by atoms with Gasteiger partial charge in [-0.3, -0.25) is 0 Å². The van der Waals surface area contributed by atoms with Gasteiger partial charge in [0.2, 0.25) is 0 Å². The molecule has 0 radical (unpaired) electrons. The van der Waals surface area contributed by atoms with Crippen molar-refractivity contribution in [2.45, 2.75) is 26.2 Å². The van der Waals surface area contributed by atoms with E-state index in [1.807, 2.05) is 13.0 Å². The molecule has 0 atom stereocenters. The zero-order valence-corrected chi connectivity index (χ0v) is 7.21. The molecule has 1 fully saturated rings. The highest BCUT2D eigenvalue weighted by Crippen LogP contribution is 2.47. The van der Waals surface area contributed by atoms with Crippen LogP contribution in [0.2, 0.25) is 0 Å². The van der Waals surface area contributed by atoms with Gasteiger partial charge in [-0.15, -0.1) is 0 Å². The Kier molecular flexibility index (Phi) is 1.68. The van der Waals surface area contributed by atoms with Crippen molar-refractivity contribution in [2.75, 3.05) is 6.61 Å². The van der Waals surface area contributed by atoms with E-state index in [0.717, 1.165) is 30.7 Å². The highest BCUT2D eigenvalue weighted by molar-refractivity contribution is 5.10. The first kappa shape index (κ1) is 7.80. The van der Waals surface area contributed by atoms with Gasteiger partial charge in [0, 0.05) is 19.1 Å². The second-order valence-electron chi connectivity index (χ2n) is 3.76. The molecule has 0 unspecified atom stereocenters. The molecular weight excluding hydrogens is 154 g/mol. The molecule has 1 saturated carbocycles. The number of nitrogens with zero attached hydrogens (tertiary/aromatic N) is 1. The molecule has 2 rings (SSSR count). The van der Waals surface area contributed by atoms with Crippen LogP contribution >= 0.6 is 0 Å². The summed E-state index contributed by atoms with van der Waals surface area (Å²) in [6, 6.07) is 1.94. The first-order valence-electron chi connectivity index (χ1n) is 4.27. The first-order chi connectivity index (χ1) is 5.74. The van der Waals surface area contributed by atoms with E-state index >= 15 is 0 Å². The molecule has 12 heavy (non-hydrogen) atoms. The Morgan fingerprint density at radius 3 is 2.83 bits per heavy atom. The Bertz CT molecular complexity index is 276. The number of aromatic nitrogens is 1. The summed E-state index contributed by atoms with van der Waals surface area (Å²) in [6.45, 7) is 2.16. The second kappa shape index (κ2) is 2.59. The molecule has 0 saturated heterocycles. The Morgan fingerprint density at radius 1 is 1.67 bits per heavy atom. The minimum absolute atomic E-state index is 0.142. The molecule has 1 N–H and O–H groups in total. The van der Waals surface area contributed by atoms with Crippen LogP contribution in [0, 0.1) is 12.3 Å². The summed E-state index contributed by atoms with van der Waals surface area (Å²) in [5.41, 5.74) is 1.11. The lowest BCUT2D eigenvalue weighted by molar-refractivity contribution is 0.208. The van der Waals surface area contributed by atoms with Gasteiger partial charge in [-0.1, -0.05) is 5.16 Å². The van der Waals surface area contributed by atoms with Crippen molar-refractivity contribution in [1.29, 1.82) is 0 Å². The van der Waals surface area contributed by atoms with E-state index in [4.69, 9.17) is 9.63 Å². The van der Waals surface area contributed by atoms with Crippen LogP contribution in [0.3, 0.4) is 0 Å². The molecule has 1 aliphatic carbocycles. The number of hydrogen-bond donors (Lipinski definition) is 1. The molecule has 1 heterocycles. The number of rotatable bonds is 3. The van der Waals surface area contributed by atoms with Gasteiger partial charge in [0.25, 0.3) is 0 Å². The van der Waals surface area contributed by atoms with Crippen LogP contribution in [0.5, 0.6) is 0 Å². The highest BCUT2D eigenvalue weighted by atomic mass is 16.5. The van der Waals surface area contributed by atoms with Crippen LogP contribution in [-0.4, -0.2) is 16.9 Å². The summed E-state index contributed by atoms with van der Waals surface area (Å²) in [6.07, 6.45) is 3.10. The van der Waals surface area contributed by atoms with Crippen molar-refractivity contribution >= 4 is 0 Å². The molecule has 1 aromatic heterocycles. The second-order valence-corrected chi connectivity index (χ2v) is 3.76. The van der Waals surface area contributed by atoms with Crippen LogP contribution in [0.25, 0.3) is 0 Å². The lowest BCUT2D eigenvalue weighted by atomic mass is 10.0. The van der Waals surface area contributed by atoms with E-state index in [1.54, 1.807) is 0 Å². The third-order valence-electron chi connectivity index (χ3n) is 2.53. The number of aryl methyl sites for hydroxylation is 1. The predicted octanol–water partition coefficient (Wildman–Crippen LogP) is 1.30. The fourth-order valence-corrected chi connectivity index (χ4v) is 1.45. The fraction of sp³-hybridized carbons (Fsp3) is 0.667. The third kappa shape index (κ3) is 1.37. The summed E-state index contributed by atoms with van der Waals surface area (Å²) in [7, 11) is 0. The average molecular weight is 167 g/mol. The molecule has 0 amide bonds. The average Bonchev–Trinajstić information content (AvgIpc) is 2.71. The molecule has 1 aliphatic rings. The molecule has 66 valence electrons. The van der Waals surface area contributed by atoms with Gasteiger partial charge in [0.1, 0.15) is 5.76 Å². The van der Waals surface area contributed by atoms with Crippen LogP contribution in [0.4, 0.5) is 0 Å². The largest absolute Gasteiger partial charge is 0.396 e. The number of aliphatic hydroxyl groups excluding tert-OH is 1. The van der Waals surface area contributed by atoms with Crippen molar-refractivity contribution in [3.63, 3.8) is 0 Å². The van der Waals surface area contributed by atoms with E-state index in [0.29, 0.717) is 0 Å². The van der Waals surface area contributed by atoms with Crippen molar-refractivity contribution in [2.24, 2.45) is 5.41 Å². The third-order valence-corrected chi connectivity index (χ3v) is 2.53. The molecule has 3 heteroatoms. The van der Waals surface area contributed by atoms with Crippen LogP contribution in [0.1, 0.15) is 24.3 Å². The lowest BCUT2D eigenvalue weighted by Gasteiger charge is -2.06.